The molecule has 1 amide bonds. The molecule has 2 heterocycles. The lowest BCUT2D eigenvalue weighted by Crippen LogP contribution is -2.18. The topological polar surface area (TPSA) is 107 Å². The average Bonchev–Trinajstić information content (AvgIpc) is 3.07. The van der Waals surface area contributed by atoms with Crippen LogP contribution >= 0.6 is 0 Å². The van der Waals surface area contributed by atoms with Gasteiger partial charge in [-0.25, -0.2) is 13.1 Å². The van der Waals surface area contributed by atoms with Crippen molar-refractivity contribution in [1.82, 2.24) is 9.78 Å². The molecule has 0 fully saturated rings. The number of nitrogens with zero attached hydrogens (tertiary/aromatic N) is 2. The van der Waals surface area contributed by atoms with Crippen molar-refractivity contribution >= 4 is 27.5 Å². The predicted octanol–water partition coefficient (Wildman–Crippen LogP) is 1.58. The van der Waals surface area contributed by atoms with Gasteiger partial charge in [-0.3, -0.25) is 9.59 Å². The molecule has 0 atom stereocenters. The zero-order chi connectivity index (χ0) is 18.7. The van der Waals surface area contributed by atoms with Gasteiger partial charge in [-0.05, 0) is 19.1 Å². The molecule has 0 unspecified atom stereocenters. The van der Waals surface area contributed by atoms with Gasteiger partial charge in [-0.2, -0.15) is 5.10 Å². The summed E-state index contributed by atoms with van der Waals surface area (Å²) in [6.45, 7) is 1.95. The Kier molecular flexibility index (Phi) is 5.08. The molecule has 0 aliphatic carbocycles. The van der Waals surface area contributed by atoms with E-state index in [9.17, 15) is 18.0 Å². The summed E-state index contributed by atoms with van der Waals surface area (Å²) in [7, 11) is -3.25. The third kappa shape index (κ3) is 3.93. The second-order valence-corrected chi connectivity index (χ2v) is 7.97. The van der Waals surface area contributed by atoms with Crippen molar-refractivity contribution in [2.75, 3.05) is 11.9 Å². The summed E-state index contributed by atoms with van der Waals surface area (Å²) < 4.78 is 30.1. The minimum Gasteiger partial charge on any atom is -0.466 e. The minimum atomic E-state index is -3.25. The molecular formula is C17H19N3O5S. The summed E-state index contributed by atoms with van der Waals surface area (Å²) in [6.07, 6.45) is -0.0973. The van der Waals surface area contributed by atoms with Crippen LogP contribution in [0.3, 0.4) is 0 Å². The van der Waals surface area contributed by atoms with Crippen LogP contribution in [0.25, 0.3) is 5.69 Å². The number of rotatable bonds is 6. The number of amides is 1. The highest BCUT2D eigenvalue weighted by atomic mass is 32.2. The number of hydrogen-bond acceptors (Lipinski definition) is 6. The maximum absolute atomic E-state index is 12.3. The molecular weight excluding hydrogens is 358 g/mol. The van der Waals surface area contributed by atoms with Gasteiger partial charge in [-0.15, -0.1) is 0 Å². The molecule has 1 N–H and O–H groups in total. The van der Waals surface area contributed by atoms with Crippen LogP contribution in [-0.4, -0.2) is 36.7 Å². The van der Waals surface area contributed by atoms with Gasteiger partial charge in [0.1, 0.15) is 5.82 Å². The van der Waals surface area contributed by atoms with Gasteiger partial charge >= 0.3 is 5.97 Å². The lowest BCUT2D eigenvalue weighted by molar-refractivity contribution is -0.144. The van der Waals surface area contributed by atoms with Crippen molar-refractivity contribution in [3.05, 3.63) is 41.6 Å². The van der Waals surface area contributed by atoms with Crippen LogP contribution in [0.1, 0.15) is 31.0 Å². The molecule has 0 saturated carbocycles. The van der Waals surface area contributed by atoms with E-state index < -0.39 is 21.7 Å². The number of para-hydroxylation sites is 1. The lowest BCUT2D eigenvalue weighted by atomic mass is 10.2. The molecule has 2 aromatic rings. The standard InChI is InChI=1S/C17H19N3O5S/c1-2-25-16(22)9-8-15(21)18-17-13-10-26(23,24)11-14(13)19-20(17)12-6-4-3-5-7-12/h3-7H,2,8-11H2,1H3,(H,18,21). The zero-order valence-electron chi connectivity index (χ0n) is 14.3. The minimum absolute atomic E-state index is 0.0420. The lowest BCUT2D eigenvalue weighted by Gasteiger charge is -2.11. The van der Waals surface area contributed by atoms with Crippen molar-refractivity contribution in [1.29, 1.82) is 0 Å². The smallest absolute Gasteiger partial charge is 0.306 e. The van der Waals surface area contributed by atoms with E-state index in [1.165, 1.54) is 4.68 Å². The van der Waals surface area contributed by atoms with Crippen LogP contribution in [0.5, 0.6) is 0 Å². The van der Waals surface area contributed by atoms with Crippen molar-refractivity contribution < 1.29 is 22.7 Å². The van der Waals surface area contributed by atoms with Gasteiger partial charge in [-0.1, -0.05) is 18.2 Å². The molecule has 1 aliphatic heterocycles. The largest absolute Gasteiger partial charge is 0.466 e. The van der Waals surface area contributed by atoms with Crippen LogP contribution in [0.15, 0.2) is 30.3 Å². The zero-order valence-corrected chi connectivity index (χ0v) is 15.1. The summed E-state index contributed by atoms with van der Waals surface area (Å²) >= 11 is 0. The van der Waals surface area contributed by atoms with E-state index in [1.807, 2.05) is 30.3 Å². The number of hydrogen-bond donors (Lipinski definition) is 1. The summed E-state index contributed by atoms with van der Waals surface area (Å²) in [5.41, 5.74) is 1.65. The van der Waals surface area contributed by atoms with Gasteiger partial charge in [0.2, 0.25) is 5.91 Å². The molecule has 26 heavy (non-hydrogen) atoms. The first-order valence-corrected chi connectivity index (χ1v) is 10.0. The summed E-state index contributed by atoms with van der Waals surface area (Å²) in [4.78, 5) is 23.7. The molecule has 0 bridgehead atoms. The Balaban J connectivity index is 1.85. The first kappa shape index (κ1) is 18.1. The Morgan fingerprint density at radius 1 is 1.19 bits per heavy atom. The number of esters is 1. The number of sulfone groups is 1. The highest BCUT2D eigenvalue weighted by molar-refractivity contribution is 7.90. The average molecular weight is 377 g/mol. The van der Waals surface area contributed by atoms with E-state index in [4.69, 9.17) is 4.74 Å². The van der Waals surface area contributed by atoms with E-state index in [0.29, 0.717) is 22.8 Å². The van der Waals surface area contributed by atoms with Crippen molar-refractivity contribution in [3.8, 4) is 5.69 Å². The normalized spacial score (nSPS) is 14.7. The van der Waals surface area contributed by atoms with Gasteiger partial charge in [0.15, 0.2) is 9.84 Å². The van der Waals surface area contributed by atoms with Gasteiger partial charge in [0.05, 0.1) is 35.9 Å². The number of ether oxygens (including phenoxy) is 1. The summed E-state index contributed by atoms with van der Waals surface area (Å²) in [6, 6.07) is 9.12. The first-order chi connectivity index (χ1) is 12.4. The summed E-state index contributed by atoms with van der Waals surface area (Å²) in [5.74, 6) is -0.827. The van der Waals surface area contributed by atoms with Crippen LogP contribution < -0.4 is 5.32 Å². The Morgan fingerprint density at radius 2 is 1.92 bits per heavy atom. The van der Waals surface area contributed by atoms with Crippen molar-refractivity contribution in [2.24, 2.45) is 0 Å². The van der Waals surface area contributed by atoms with Crippen molar-refractivity contribution in [2.45, 2.75) is 31.3 Å². The molecule has 8 nitrogen and oxygen atoms in total. The Bertz CT molecular complexity index is 935. The van der Waals surface area contributed by atoms with E-state index in [2.05, 4.69) is 10.4 Å². The van der Waals surface area contributed by atoms with Crippen LogP contribution in [-0.2, 0) is 35.7 Å². The van der Waals surface area contributed by atoms with Gasteiger partial charge in [0, 0.05) is 12.0 Å². The van der Waals surface area contributed by atoms with E-state index in [0.717, 1.165) is 0 Å². The SMILES string of the molecule is CCOC(=O)CCC(=O)Nc1c2c(nn1-c1ccccc1)CS(=O)(=O)C2. The first-order valence-electron chi connectivity index (χ1n) is 8.21. The highest BCUT2D eigenvalue weighted by Gasteiger charge is 2.33. The monoisotopic (exact) mass is 377 g/mol. The second kappa shape index (κ2) is 7.28. The fourth-order valence-electron chi connectivity index (χ4n) is 2.77. The molecule has 0 radical (unpaired) electrons. The third-order valence-electron chi connectivity index (χ3n) is 3.91. The fourth-order valence-corrected chi connectivity index (χ4v) is 4.26. The molecule has 3 rings (SSSR count). The van der Waals surface area contributed by atoms with Gasteiger partial charge in [0.25, 0.3) is 0 Å². The number of benzene rings is 1. The molecule has 1 aromatic carbocycles. The molecule has 1 aliphatic rings. The molecule has 9 heteroatoms. The molecule has 0 spiro atoms. The quantitative estimate of drug-likeness (QED) is 0.766. The maximum Gasteiger partial charge on any atom is 0.306 e. The van der Waals surface area contributed by atoms with E-state index in [-0.39, 0.29) is 31.0 Å². The fraction of sp³-hybridized carbons (Fsp3) is 0.353. The Morgan fingerprint density at radius 3 is 2.62 bits per heavy atom. The van der Waals surface area contributed by atoms with Crippen LogP contribution in [0.4, 0.5) is 5.82 Å². The number of fused-ring (bicyclic) bond motifs is 1. The second-order valence-electron chi connectivity index (χ2n) is 5.91. The van der Waals surface area contributed by atoms with Crippen molar-refractivity contribution in [3.63, 3.8) is 0 Å². The molecule has 0 saturated heterocycles. The van der Waals surface area contributed by atoms with Crippen LogP contribution in [0.2, 0.25) is 0 Å². The van der Waals surface area contributed by atoms with Crippen LogP contribution in [0, 0.1) is 0 Å². The third-order valence-corrected chi connectivity index (χ3v) is 5.35. The Hall–Kier alpha value is -2.68. The molecule has 1 aromatic heterocycles. The van der Waals surface area contributed by atoms with E-state index in [1.54, 1.807) is 6.92 Å². The molecule has 138 valence electrons. The summed E-state index contributed by atoms with van der Waals surface area (Å²) in [5, 5.41) is 7.08. The number of anilines is 1. The number of carbonyl (C=O) groups is 2. The number of carbonyl (C=O) groups excluding carboxylic acids is 2. The number of nitrogens with one attached hydrogen (secondary N) is 1. The number of aromatic nitrogens is 2. The highest BCUT2D eigenvalue weighted by Crippen LogP contribution is 2.32. The predicted molar refractivity (Wildman–Crippen MR) is 94.4 cm³/mol. The van der Waals surface area contributed by atoms with Gasteiger partial charge < -0.3 is 10.1 Å². The van der Waals surface area contributed by atoms with E-state index >= 15 is 0 Å². The maximum atomic E-state index is 12.3. The Labute approximate surface area is 151 Å².